The predicted molar refractivity (Wildman–Crippen MR) is 98.6 cm³/mol. The number of benzene rings is 1. The fourth-order valence-electron chi connectivity index (χ4n) is 2.18. The first kappa shape index (κ1) is 19.5. The molecule has 0 atom stereocenters. The lowest BCUT2D eigenvalue weighted by molar-refractivity contribution is -0.116. The van der Waals surface area contributed by atoms with Gasteiger partial charge in [0.2, 0.25) is 15.9 Å². The molecule has 2 amide bonds. The molecule has 9 heteroatoms. The van der Waals surface area contributed by atoms with E-state index in [-0.39, 0.29) is 24.0 Å². The molecule has 0 saturated carbocycles. The number of sulfonamides is 1. The van der Waals surface area contributed by atoms with Gasteiger partial charge in [0.1, 0.15) is 0 Å². The van der Waals surface area contributed by atoms with E-state index in [2.05, 4.69) is 15.4 Å². The fraction of sp³-hybridized carbons (Fsp3) is 0.294. The molecule has 3 N–H and O–H groups in total. The molecule has 0 unspecified atom stereocenters. The first-order valence-electron chi connectivity index (χ1n) is 7.94. The standard InChI is InChI=1S/C17H21N3O5S/c1-12-7-8-13(11-14(12)20-26(2,23)24)19-16(21)6-3-9-18-17(22)15-5-4-10-25-15/h4-5,7-8,10-11,20H,3,6,9H2,1-2H3,(H,18,22)(H,19,21). The van der Waals surface area contributed by atoms with E-state index < -0.39 is 10.0 Å². The first-order valence-corrected chi connectivity index (χ1v) is 9.84. The maximum atomic E-state index is 12.0. The summed E-state index contributed by atoms with van der Waals surface area (Å²) in [5.74, 6) is -0.336. The zero-order valence-electron chi connectivity index (χ0n) is 14.5. The molecule has 26 heavy (non-hydrogen) atoms. The normalized spacial score (nSPS) is 11.0. The Hall–Kier alpha value is -2.81. The van der Waals surface area contributed by atoms with Crippen LogP contribution in [0.1, 0.15) is 29.0 Å². The number of hydrogen-bond donors (Lipinski definition) is 3. The summed E-state index contributed by atoms with van der Waals surface area (Å²) >= 11 is 0. The number of anilines is 2. The number of carbonyl (C=O) groups excluding carboxylic acids is 2. The Morgan fingerprint density at radius 3 is 2.62 bits per heavy atom. The summed E-state index contributed by atoms with van der Waals surface area (Å²) in [5, 5.41) is 5.36. The van der Waals surface area contributed by atoms with Gasteiger partial charge < -0.3 is 15.1 Å². The SMILES string of the molecule is Cc1ccc(NC(=O)CCCNC(=O)c2ccco2)cc1NS(C)(=O)=O. The molecule has 0 bridgehead atoms. The molecule has 2 rings (SSSR count). The van der Waals surface area contributed by atoms with Crippen LogP contribution in [-0.4, -0.2) is 33.0 Å². The quantitative estimate of drug-likeness (QED) is 0.607. The topological polar surface area (TPSA) is 118 Å². The molecule has 1 aromatic heterocycles. The van der Waals surface area contributed by atoms with Gasteiger partial charge in [-0.25, -0.2) is 8.42 Å². The van der Waals surface area contributed by atoms with Crippen LogP contribution >= 0.6 is 0 Å². The third kappa shape index (κ3) is 6.25. The number of rotatable bonds is 8. The van der Waals surface area contributed by atoms with Gasteiger partial charge in [-0.05, 0) is 43.2 Å². The molecule has 1 aromatic carbocycles. The second kappa shape index (κ2) is 8.52. The third-order valence-electron chi connectivity index (χ3n) is 3.43. The second-order valence-electron chi connectivity index (χ2n) is 5.79. The fourth-order valence-corrected chi connectivity index (χ4v) is 2.80. The van der Waals surface area contributed by atoms with Crippen LogP contribution in [0, 0.1) is 6.92 Å². The van der Waals surface area contributed by atoms with Crippen LogP contribution in [0.3, 0.4) is 0 Å². The Morgan fingerprint density at radius 2 is 1.96 bits per heavy atom. The molecule has 0 radical (unpaired) electrons. The molecule has 0 aliphatic carbocycles. The maximum Gasteiger partial charge on any atom is 0.286 e. The van der Waals surface area contributed by atoms with Crippen LogP contribution in [0.4, 0.5) is 11.4 Å². The maximum absolute atomic E-state index is 12.0. The molecule has 140 valence electrons. The van der Waals surface area contributed by atoms with Crippen molar-refractivity contribution in [3.05, 3.63) is 47.9 Å². The highest BCUT2D eigenvalue weighted by atomic mass is 32.2. The van der Waals surface area contributed by atoms with Gasteiger partial charge >= 0.3 is 0 Å². The van der Waals surface area contributed by atoms with E-state index in [1.54, 1.807) is 37.3 Å². The van der Waals surface area contributed by atoms with Crippen molar-refractivity contribution in [2.45, 2.75) is 19.8 Å². The largest absolute Gasteiger partial charge is 0.459 e. The molecular weight excluding hydrogens is 358 g/mol. The van der Waals surface area contributed by atoms with Crippen LogP contribution in [-0.2, 0) is 14.8 Å². The number of aryl methyl sites for hydroxylation is 1. The molecule has 0 aliphatic rings. The summed E-state index contributed by atoms with van der Waals surface area (Å²) in [5.41, 5.74) is 1.65. The van der Waals surface area contributed by atoms with Gasteiger partial charge in [-0.2, -0.15) is 0 Å². The number of nitrogens with one attached hydrogen (secondary N) is 3. The Morgan fingerprint density at radius 1 is 1.19 bits per heavy atom. The molecule has 8 nitrogen and oxygen atoms in total. The van der Waals surface area contributed by atoms with Crippen LogP contribution in [0.15, 0.2) is 41.0 Å². The highest BCUT2D eigenvalue weighted by molar-refractivity contribution is 7.92. The van der Waals surface area contributed by atoms with Gasteiger partial charge in [0, 0.05) is 18.7 Å². The average Bonchev–Trinajstić information content (AvgIpc) is 3.08. The Kier molecular flexibility index (Phi) is 6.40. The molecule has 0 aliphatic heterocycles. The van der Waals surface area contributed by atoms with Crippen molar-refractivity contribution in [1.82, 2.24) is 5.32 Å². The predicted octanol–water partition coefficient (Wildman–Crippen LogP) is 2.11. The highest BCUT2D eigenvalue weighted by Gasteiger charge is 2.10. The van der Waals surface area contributed by atoms with Crippen molar-refractivity contribution in [2.75, 3.05) is 22.8 Å². The number of amides is 2. The summed E-state index contributed by atoms with van der Waals surface area (Å²) in [6, 6.07) is 8.15. The van der Waals surface area contributed by atoms with Crippen LogP contribution < -0.4 is 15.4 Å². The van der Waals surface area contributed by atoms with Crippen molar-refractivity contribution in [2.24, 2.45) is 0 Å². The van der Waals surface area contributed by atoms with E-state index in [4.69, 9.17) is 4.42 Å². The summed E-state index contributed by atoms with van der Waals surface area (Å²) in [6.45, 7) is 2.10. The highest BCUT2D eigenvalue weighted by Crippen LogP contribution is 2.21. The molecule has 1 heterocycles. The van der Waals surface area contributed by atoms with Gasteiger partial charge in [0.15, 0.2) is 5.76 Å². The zero-order valence-corrected chi connectivity index (χ0v) is 15.4. The molecule has 0 saturated heterocycles. The smallest absolute Gasteiger partial charge is 0.286 e. The van der Waals surface area contributed by atoms with E-state index in [9.17, 15) is 18.0 Å². The molecule has 0 fully saturated rings. The summed E-state index contributed by atoms with van der Waals surface area (Å²) in [7, 11) is -3.40. The summed E-state index contributed by atoms with van der Waals surface area (Å²) in [6.07, 6.45) is 3.14. The Bertz CT molecular complexity index is 876. The van der Waals surface area contributed by atoms with Crippen molar-refractivity contribution >= 4 is 33.2 Å². The van der Waals surface area contributed by atoms with Gasteiger partial charge in [0.25, 0.3) is 5.91 Å². The van der Waals surface area contributed by atoms with Crippen LogP contribution in [0.2, 0.25) is 0 Å². The lowest BCUT2D eigenvalue weighted by Gasteiger charge is -2.11. The lowest BCUT2D eigenvalue weighted by Crippen LogP contribution is -2.25. The van der Waals surface area contributed by atoms with E-state index in [1.807, 2.05) is 0 Å². The minimum atomic E-state index is -3.40. The Balaban J connectivity index is 1.80. The van der Waals surface area contributed by atoms with E-state index >= 15 is 0 Å². The van der Waals surface area contributed by atoms with Gasteiger partial charge in [-0.3, -0.25) is 14.3 Å². The number of furan rings is 1. The molecule has 0 spiro atoms. The Labute approximate surface area is 152 Å². The van der Waals surface area contributed by atoms with Crippen molar-refractivity contribution in [3.8, 4) is 0 Å². The third-order valence-corrected chi connectivity index (χ3v) is 4.02. The van der Waals surface area contributed by atoms with Crippen molar-refractivity contribution < 1.29 is 22.4 Å². The molecular formula is C17H21N3O5S. The van der Waals surface area contributed by atoms with E-state index in [0.29, 0.717) is 24.3 Å². The van der Waals surface area contributed by atoms with Gasteiger partial charge in [-0.15, -0.1) is 0 Å². The van der Waals surface area contributed by atoms with Gasteiger partial charge in [-0.1, -0.05) is 6.07 Å². The van der Waals surface area contributed by atoms with Crippen LogP contribution in [0.5, 0.6) is 0 Å². The van der Waals surface area contributed by atoms with Gasteiger partial charge in [0.05, 0.1) is 18.2 Å². The second-order valence-corrected chi connectivity index (χ2v) is 7.54. The first-order chi connectivity index (χ1) is 12.2. The minimum Gasteiger partial charge on any atom is -0.459 e. The average molecular weight is 379 g/mol. The number of hydrogen-bond acceptors (Lipinski definition) is 5. The number of carbonyl (C=O) groups is 2. The van der Waals surface area contributed by atoms with E-state index in [1.165, 1.54) is 6.26 Å². The van der Waals surface area contributed by atoms with Crippen LogP contribution in [0.25, 0.3) is 0 Å². The van der Waals surface area contributed by atoms with Crippen molar-refractivity contribution in [3.63, 3.8) is 0 Å². The monoisotopic (exact) mass is 379 g/mol. The molecule has 2 aromatic rings. The van der Waals surface area contributed by atoms with Crippen molar-refractivity contribution in [1.29, 1.82) is 0 Å². The summed E-state index contributed by atoms with van der Waals surface area (Å²) in [4.78, 5) is 23.6. The lowest BCUT2D eigenvalue weighted by atomic mass is 10.2. The summed E-state index contributed by atoms with van der Waals surface area (Å²) < 4.78 is 30.1. The van der Waals surface area contributed by atoms with E-state index in [0.717, 1.165) is 11.8 Å². The zero-order chi connectivity index (χ0) is 19.2. The minimum absolute atomic E-state index is 0.209.